The van der Waals surface area contributed by atoms with Crippen LogP contribution in [0.1, 0.15) is 23.4 Å². The lowest BCUT2D eigenvalue weighted by atomic mass is 10.3. The molecule has 0 aromatic carbocycles. The Bertz CT molecular complexity index is 537. The van der Waals surface area contributed by atoms with Crippen molar-refractivity contribution in [2.45, 2.75) is 31.8 Å². The van der Waals surface area contributed by atoms with Crippen LogP contribution in [-0.2, 0) is 13.0 Å². The molecule has 0 unspecified atom stereocenters. The fourth-order valence-electron chi connectivity index (χ4n) is 2.05. The van der Waals surface area contributed by atoms with E-state index in [0.717, 1.165) is 31.0 Å². The molecule has 20 heavy (non-hydrogen) atoms. The third-order valence-corrected chi connectivity index (χ3v) is 4.42. The van der Waals surface area contributed by atoms with Crippen molar-refractivity contribution in [2.75, 3.05) is 18.5 Å². The van der Waals surface area contributed by atoms with Crippen molar-refractivity contribution in [3.8, 4) is 0 Å². The number of hydrogen-bond donors (Lipinski definition) is 1. The van der Waals surface area contributed by atoms with Gasteiger partial charge in [-0.2, -0.15) is 0 Å². The SMILES string of the molecule is CN(CCc1cccs1)c1cncc(CNC2CC2)n1. The zero-order valence-electron chi connectivity index (χ0n) is 11.7. The van der Waals surface area contributed by atoms with Gasteiger partial charge in [-0.1, -0.05) is 6.07 Å². The Morgan fingerprint density at radius 1 is 1.40 bits per heavy atom. The molecule has 1 fully saturated rings. The maximum absolute atomic E-state index is 4.68. The van der Waals surface area contributed by atoms with E-state index in [1.165, 1.54) is 17.7 Å². The molecule has 4 nitrogen and oxygen atoms in total. The first-order chi connectivity index (χ1) is 9.81. The Balaban J connectivity index is 1.55. The second-order valence-electron chi connectivity index (χ2n) is 5.27. The first-order valence-corrected chi connectivity index (χ1v) is 7.97. The number of hydrogen-bond acceptors (Lipinski definition) is 5. The Morgan fingerprint density at radius 2 is 2.30 bits per heavy atom. The quantitative estimate of drug-likeness (QED) is 0.850. The summed E-state index contributed by atoms with van der Waals surface area (Å²) in [7, 11) is 2.08. The molecule has 1 N–H and O–H groups in total. The summed E-state index contributed by atoms with van der Waals surface area (Å²) >= 11 is 1.81. The number of rotatable bonds is 7. The average Bonchev–Trinajstić information content (AvgIpc) is 3.17. The van der Waals surface area contributed by atoms with E-state index in [1.54, 1.807) is 0 Å². The fourth-order valence-corrected chi connectivity index (χ4v) is 2.75. The second-order valence-corrected chi connectivity index (χ2v) is 6.31. The van der Waals surface area contributed by atoms with Gasteiger partial charge in [-0.15, -0.1) is 11.3 Å². The van der Waals surface area contributed by atoms with E-state index in [1.807, 2.05) is 23.7 Å². The van der Waals surface area contributed by atoms with Crippen LogP contribution in [-0.4, -0.2) is 29.6 Å². The van der Waals surface area contributed by atoms with Gasteiger partial charge in [-0.25, -0.2) is 4.98 Å². The third kappa shape index (κ3) is 3.77. The molecule has 0 aliphatic heterocycles. The lowest BCUT2D eigenvalue weighted by Crippen LogP contribution is -2.23. The lowest BCUT2D eigenvalue weighted by molar-refractivity contribution is 0.670. The first-order valence-electron chi connectivity index (χ1n) is 7.09. The summed E-state index contributed by atoms with van der Waals surface area (Å²) in [6, 6.07) is 4.99. The van der Waals surface area contributed by atoms with Crippen molar-refractivity contribution in [2.24, 2.45) is 0 Å². The van der Waals surface area contributed by atoms with Gasteiger partial charge in [0.15, 0.2) is 0 Å². The van der Waals surface area contributed by atoms with Crippen LogP contribution in [0.25, 0.3) is 0 Å². The molecule has 0 bridgehead atoms. The van der Waals surface area contributed by atoms with Crippen LogP contribution in [0.4, 0.5) is 5.82 Å². The lowest BCUT2D eigenvalue weighted by Gasteiger charge is -2.18. The van der Waals surface area contributed by atoms with Crippen LogP contribution in [0.2, 0.25) is 0 Å². The van der Waals surface area contributed by atoms with Crippen LogP contribution in [0.5, 0.6) is 0 Å². The molecule has 2 aromatic heterocycles. The molecule has 0 saturated heterocycles. The molecule has 0 spiro atoms. The molecule has 1 saturated carbocycles. The van der Waals surface area contributed by atoms with Crippen molar-refractivity contribution in [3.05, 3.63) is 40.5 Å². The number of aromatic nitrogens is 2. The maximum atomic E-state index is 4.68. The molecule has 106 valence electrons. The molecule has 2 aromatic rings. The Kier molecular flexibility index (Phi) is 4.28. The first kappa shape index (κ1) is 13.5. The highest BCUT2D eigenvalue weighted by Crippen LogP contribution is 2.19. The van der Waals surface area contributed by atoms with E-state index < -0.39 is 0 Å². The standard InChI is InChI=1S/C15H20N4S/c1-19(7-6-14-3-2-8-20-14)15-11-16-9-13(18-15)10-17-12-4-5-12/h2-3,8-9,11-12,17H,4-7,10H2,1H3. The zero-order valence-corrected chi connectivity index (χ0v) is 12.6. The van der Waals surface area contributed by atoms with Crippen molar-refractivity contribution in [1.82, 2.24) is 15.3 Å². The van der Waals surface area contributed by atoms with Gasteiger partial charge in [-0.05, 0) is 30.7 Å². The monoisotopic (exact) mass is 288 g/mol. The molecule has 1 aliphatic rings. The van der Waals surface area contributed by atoms with Crippen LogP contribution in [0.3, 0.4) is 0 Å². The molecule has 1 aliphatic carbocycles. The summed E-state index contributed by atoms with van der Waals surface area (Å²) in [6.45, 7) is 1.79. The minimum atomic E-state index is 0.706. The summed E-state index contributed by atoms with van der Waals surface area (Å²) in [5, 5.41) is 5.60. The molecule has 3 rings (SSSR count). The van der Waals surface area contributed by atoms with Crippen molar-refractivity contribution >= 4 is 17.2 Å². The van der Waals surface area contributed by atoms with Gasteiger partial charge in [0.1, 0.15) is 5.82 Å². The van der Waals surface area contributed by atoms with Crippen LogP contribution in [0, 0.1) is 0 Å². The van der Waals surface area contributed by atoms with Crippen LogP contribution in [0.15, 0.2) is 29.9 Å². The second kappa shape index (κ2) is 6.33. The summed E-state index contributed by atoms with van der Waals surface area (Å²) in [4.78, 5) is 12.6. The Morgan fingerprint density at radius 3 is 3.05 bits per heavy atom. The molecular formula is C15H20N4S. The Labute approximate surface area is 123 Å². The topological polar surface area (TPSA) is 41.1 Å². The number of nitrogens with one attached hydrogen (secondary N) is 1. The summed E-state index contributed by atoms with van der Waals surface area (Å²) in [5.74, 6) is 0.955. The predicted octanol–water partition coefficient (Wildman–Crippen LogP) is 2.47. The van der Waals surface area contributed by atoms with Gasteiger partial charge in [0.25, 0.3) is 0 Å². The Hall–Kier alpha value is -1.46. The van der Waals surface area contributed by atoms with Crippen molar-refractivity contribution < 1.29 is 0 Å². The smallest absolute Gasteiger partial charge is 0.147 e. The van der Waals surface area contributed by atoms with Crippen LogP contribution >= 0.6 is 11.3 Å². The van der Waals surface area contributed by atoms with Crippen LogP contribution < -0.4 is 10.2 Å². The summed E-state index contributed by atoms with van der Waals surface area (Å²) in [6.07, 6.45) is 7.35. The number of anilines is 1. The third-order valence-electron chi connectivity index (χ3n) is 3.49. The van der Waals surface area contributed by atoms with E-state index in [-0.39, 0.29) is 0 Å². The normalized spacial score (nSPS) is 14.4. The van der Waals surface area contributed by atoms with E-state index >= 15 is 0 Å². The van der Waals surface area contributed by atoms with Gasteiger partial charge in [-0.3, -0.25) is 4.98 Å². The number of nitrogens with zero attached hydrogens (tertiary/aromatic N) is 3. The van der Waals surface area contributed by atoms with E-state index in [2.05, 4.69) is 44.7 Å². The minimum Gasteiger partial charge on any atom is -0.358 e. The highest BCUT2D eigenvalue weighted by molar-refractivity contribution is 7.09. The van der Waals surface area contributed by atoms with E-state index in [0.29, 0.717) is 6.04 Å². The van der Waals surface area contributed by atoms with Crippen molar-refractivity contribution in [1.29, 1.82) is 0 Å². The number of likely N-dealkylation sites (N-methyl/N-ethyl adjacent to an activating group) is 1. The molecule has 0 radical (unpaired) electrons. The minimum absolute atomic E-state index is 0.706. The average molecular weight is 288 g/mol. The van der Waals surface area contributed by atoms with Crippen molar-refractivity contribution in [3.63, 3.8) is 0 Å². The fraction of sp³-hybridized carbons (Fsp3) is 0.467. The van der Waals surface area contributed by atoms with Gasteiger partial charge >= 0.3 is 0 Å². The summed E-state index contributed by atoms with van der Waals surface area (Å²) < 4.78 is 0. The van der Waals surface area contributed by atoms with Gasteiger partial charge in [0.05, 0.1) is 11.9 Å². The number of thiophene rings is 1. The van der Waals surface area contributed by atoms with E-state index in [4.69, 9.17) is 0 Å². The largest absolute Gasteiger partial charge is 0.358 e. The van der Waals surface area contributed by atoms with Gasteiger partial charge < -0.3 is 10.2 Å². The molecular weight excluding hydrogens is 268 g/mol. The summed E-state index contributed by atoms with van der Waals surface area (Å²) in [5.41, 5.74) is 1.03. The molecule has 0 atom stereocenters. The molecule has 0 amide bonds. The van der Waals surface area contributed by atoms with Gasteiger partial charge in [0.2, 0.25) is 0 Å². The highest BCUT2D eigenvalue weighted by atomic mass is 32.1. The highest BCUT2D eigenvalue weighted by Gasteiger charge is 2.20. The van der Waals surface area contributed by atoms with E-state index in [9.17, 15) is 0 Å². The van der Waals surface area contributed by atoms with Gasteiger partial charge in [0, 0.05) is 37.3 Å². The molecule has 5 heteroatoms. The molecule has 2 heterocycles. The zero-order chi connectivity index (χ0) is 13.8. The maximum Gasteiger partial charge on any atom is 0.147 e. The predicted molar refractivity (Wildman–Crippen MR) is 83.2 cm³/mol.